The number of rotatable bonds is 3. The van der Waals surface area contributed by atoms with E-state index in [-0.39, 0.29) is 18.0 Å². The fourth-order valence-electron chi connectivity index (χ4n) is 3.46. The smallest absolute Gasteiger partial charge is 0.419 e. The van der Waals surface area contributed by atoms with Gasteiger partial charge in [-0.25, -0.2) is 13.9 Å². The van der Waals surface area contributed by atoms with Crippen LogP contribution in [0.4, 0.5) is 17.6 Å². The lowest BCUT2D eigenvalue weighted by molar-refractivity contribution is -0.140. The number of benzene rings is 1. The Bertz CT molecular complexity index is 1110. The van der Waals surface area contributed by atoms with E-state index in [4.69, 9.17) is 4.74 Å². The second-order valence-corrected chi connectivity index (χ2v) is 6.48. The van der Waals surface area contributed by atoms with Gasteiger partial charge in [0.05, 0.1) is 29.2 Å². The van der Waals surface area contributed by atoms with Gasteiger partial charge in [0.2, 0.25) is 0 Å². The zero-order valence-corrected chi connectivity index (χ0v) is 15.3. The summed E-state index contributed by atoms with van der Waals surface area (Å²) in [6.07, 6.45) is -2.25. The summed E-state index contributed by atoms with van der Waals surface area (Å²) in [6.45, 7) is 1.78. The summed E-state index contributed by atoms with van der Waals surface area (Å²) in [5.74, 6) is -2.05. The van der Waals surface area contributed by atoms with E-state index in [1.54, 1.807) is 19.2 Å². The van der Waals surface area contributed by atoms with Gasteiger partial charge in [-0.1, -0.05) is 6.07 Å². The molecule has 0 N–H and O–H groups in total. The molecule has 150 valence electrons. The summed E-state index contributed by atoms with van der Waals surface area (Å²) in [7, 11) is 0. The average Bonchev–Trinajstić information content (AvgIpc) is 3.08. The number of ether oxygens (including phenoxy) is 1. The minimum atomic E-state index is -4.87. The van der Waals surface area contributed by atoms with Crippen molar-refractivity contribution in [2.24, 2.45) is 0 Å². The molecule has 3 aromatic rings. The molecule has 0 radical (unpaired) electrons. The second kappa shape index (κ2) is 6.98. The minimum Gasteiger partial charge on any atom is -0.461 e. The molecule has 0 atom stereocenters. The Labute approximate surface area is 162 Å². The molecule has 29 heavy (non-hydrogen) atoms. The van der Waals surface area contributed by atoms with Gasteiger partial charge in [-0.2, -0.15) is 18.3 Å². The number of nitrogens with zero attached hydrogens (tertiary/aromatic N) is 3. The van der Waals surface area contributed by atoms with Gasteiger partial charge < -0.3 is 4.74 Å². The first kappa shape index (κ1) is 19.1. The number of hydrogen-bond acceptors (Lipinski definition) is 4. The Morgan fingerprint density at radius 3 is 2.76 bits per heavy atom. The average molecular weight is 405 g/mol. The van der Waals surface area contributed by atoms with Crippen LogP contribution in [0.15, 0.2) is 36.5 Å². The Kier molecular flexibility index (Phi) is 4.60. The molecule has 1 aliphatic rings. The molecule has 0 aliphatic heterocycles. The third-order valence-electron chi connectivity index (χ3n) is 4.71. The van der Waals surface area contributed by atoms with Crippen LogP contribution in [0, 0.1) is 5.82 Å². The monoisotopic (exact) mass is 405 g/mol. The largest absolute Gasteiger partial charge is 0.461 e. The predicted molar refractivity (Wildman–Crippen MR) is 95.1 cm³/mol. The number of esters is 1. The van der Waals surface area contributed by atoms with Gasteiger partial charge >= 0.3 is 12.1 Å². The number of alkyl halides is 3. The summed E-state index contributed by atoms with van der Waals surface area (Å²) in [5.41, 5.74) is 0.959. The maximum Gasteiger partial charge on any atom is 0.419 e. The zero-order valence-electron chi connectivity index (χ0n) is 15.3. The molecule has 0 unspecified atom stereocenters. The first-order valence-electron chi connectivity index (χ1n) is 8.91. The molecule has 0 saturated heterocycles. The van der Waals surface area contributed by atoms with Gasteiger partial charge in [0.15, 0.2) is 5.69 Å². The fraction of sp³-hybridized carbons (Fsp3) is 0.250. The van der Waals surface area contributed by atoms with Crippen LogP contribution in [-0.4, -0.2) is 27.3 Å². The molecule has 0 amide bonds. The molecular formula is C20H15F4N3O2. The van der Waals surface area contributed by atoms with Crippen molar-refractivity contribution < 1.29 is 27.1 Å². The van der Waals surface area contributed by atoms with Crippen molar-refractivity contribution in [3.8, 4) is 17.1 Å². The van der Waals surface area contributed by atoms with Gasteiger partial charge in [0.25, 0.3) is 0 Å². The molecule has 1 aromatic carbocycles. The highest BCUT2D eigenvalue weighted by molar-refractivity contribution is 5.92. The van der Waals surface area contributed by atoms with Gasteiger partial charge in [0.1, 0.15) is 5.82 Å². The maximum absolute atomic E-state index is 13.8. The first-order valence-corrected chi connectivity index (χ1v) is 8.91. The fourth-order valence-corrected chi connectivity index (χ4v) is 3.46. The van der Waals surface area contributed by atoms with E-state index in [0.29, 0.717) is 35.9 Å². The summed E-state index contributed by atoms with van der Waals surface area (Å²) < 4.78 is 59.6. The van der Waals surface area contributed by atoms with E-state index in [1.807, 2.05) is 6.07 Å². The molecule has 0 fully saturated rings. The highest BCUT2D eigenvalue weighted by Gasteiger charge is 2.36. The van der Waals surface area contributed by atoms with Crippen molar-refractivity contribution >= 4 is 5.97 Å². The predicted octanol–water partition coefficient (Wildman–Crippen LogP) is 4.37. The van der Waals surface area contributed by atoms with E-state index >= 15 is 0 Å². The molecule has 5 nitrogen and oxygen atoms in total. The number of carbonyl (C=O) groups excluding carboxylic acids is 1. The van der Waals surface area contributed by atoms with Crippen LogP contribution in [0.2, 0.25) is 0 Å². The summed E-state index contributed by atoms with van der Waals surface area (Å²) in [4.78, 5) is 16.7. The molecule has 2 aromatic heterocycles. The number of aromatic nitrogens is 3. The third kappa shape index (κ3) is 3.26. The highest BCUT2D eigenvalue weighted by atomic mass is 19.4. The molecular weight excluding hydrogens is 390 g/mol. The van der Waals surface area contributed by atoms with Crippen LogP contribution in [0.5, 0.6) is 0 Å². The van der Waals surface area contributed by atoms with Crippen LogP contribution in [-0.2, 0) is 23.8 Å². The van der Waals surface area contributed by atoms with Gasteiger partial charge in [-0.05, 0) is 49.6 Å². The van der Waals surface area contributed by atoms with Crippen LogP contribution >= 0.6 is 0 Å². The highest BCUT2D eigenvalue weighted by Crippen LogP contribution is 2.37. The topological polar surface area (TPSA) is 57.0 Å². The molecule has 4 rings (SSSR count). The third-order valence-corrected chi connectivity index (χ3v) is 4.71. The van der Waals surface area contributed by atoms with Gasteiger partial charge in [-0.15, -0.1) is 0 Å². The molecule has 1 aliphatic carbocycles. The van der Waals surface area contributed by atoms with E-state index in [2.05, 4.69) is 10.1 Å². The van der Waals surface area contributed by atoms with Crippen molar-refractivity contribution in [3.05, 3.63) is 64.7 Å². The normalized spacial score (nSPS) is 13.0. The molecule has 0 bridgehead atoms. The van der Waals surface area contributed by atoms with Crippen LogP contribution in [0.3, 0.4) is 0 Å². The number of halogens is 4. The summed E-state index contributed by atoms with van der Waals surface area (Å²) in [6, 6.07) is 6.21. The van der Waals surface area contributed by atoms with Crippen molar-refractivity contribution in [3.63, 3.8) is 0 Å². The lowest BCUT2D eigenvalue weighted by Crippen LogP contribution is -2.12. The maximum atomic E-state index is 13.8. The number of fused-ring (bicyclic) bond motifs is 3. The Balaban J connectivity index is 1.97. The number of aryl methyl sites for hydroxylation is 1. The summed E-state index contributed by atoms with van der Waals surface area (Å²) >= 11 is 0. The number of carbonyl (C=O) groups is 1. The van der Waals surface area contributed by atoms with Crippen LogP contribution in [0.25, 0.3) is 17.1 Å². The molecule has 0 saturated carbocycles. The number of pyridine rings is 1. The zero-order chi connectivity index (χ0) is 20.8. The van der Waals surface area contributed by atoms with Gasteiger partial charge in [-0.3, -0.25) is 4.98 Å². The van der Waals surface area contributed by atoms with Crippen LogP contribution in [0.1, 0.15) is 34.1 Å². The quantitative estimate of drug-likeness (QED) is 0.480. The Hall–Kier alpha value is -3.23. The summed E-state index contributed by atoms with van der Waals surface area (Å²) in [5, 5.41) is 4.24. The minimum absolute atomic E-state index is 0.0240. The second-order valence-electron chi connectivity index (χ2n) is 6.48. The van der Waals surface area contributed by atoms with E-state index in [9.17, 15) is 22.4 Å². The van der Waals surface area contributed by atoms with Crippen molar-refractivity contribution in [2.75, 3.05) is 6.61 Å². The SMILES string of the molecule is CCOC(=O)c1nn(-c2ccc(F)c(C(F)(F)F)c2)c2c1CCc1cccnc1-2. The van der Waals surface area contributed by atoms with Crippen molar-refractivity contribution in [2.45, 2.75) is 25.9 Å². The Morgan fingerprint density at radius 1 is 1.24 bits per heavy atom. The van der Waals surface area contributed by atoms with Crippen LogP contribution < -0.4 is 0 Å². The van der Waals surface area contributed by atoms with E-state index < -0.39 is 23.5 Å². The number of hydrogen-bond donors (Lipinski definition) is 0. The van der Waals surface area contributed by atoms with Crippen molar-refractivity contribution in [1.29, 1.82) is 0 Å². The lowest BCUT2D eigenvalue weighted by atomic mass is 9.92. The molecule has 9 heteroatoms. The standard InChI is InChI=1S/C20H15F4N3O2/c1-2-29-19(28)17-13-7-5-11-4-3-9-25-16(11)18(13)27(26-17)12-6-8-15(21)14(10-12)20(22,23)24/h3-4,6,8-10H,2,5,7H2,1H3. The van der Waals surface area contributed by atoms with E-state index in [0.717, 1.165) is 11.6 Å². The van der Waals surface area contributed by atoms with Crippen molar-refractivity contribution in [1.82, 2.24) is 14.8 Å². The first-order chi connectivity index (χ1) is 13.8. The molecule has 0 spiro atoms. The lowest BCUT2D eigenvalue weighted by Gasteiger charge is -2.18. The van der Waals surface area contributed by atoms with E-state index in [1.165, 1.54) is 10.7 Å². The Morgan fingerprint density at radius 2 is 2.03 bits per heavy atom. The molecule has 2 heterocycles. The van der Waals surface area contributed by atoms with Gasteiger partial charge in [0, 0.05) is 11.8 Å².